The first-order valence-corrected chi connectivity index (χ1v) is 2.72. The quantitative estimate of drug-likeness (QED) is 0.608. The van der Waals surface area contributed by atoms with E-state index in [-0.39, 0.29) is 32.7 Å². The summed E-state index contributed by atoms with van der Waals surface area (Å²) in [7, 11) is 1.62. The number of nitrogens with two attached hydrogens (primary N) is 2. The van der Waals surface area contributed by atoms with E-state index in [0.717, 1.165) is 0 Å². The normalized spacial score (nSPS) is 10.2. The summed E-state index contributed by atoms with van der Waals surface area (Å²) in [5.41, 5.74) is 9.46. The molecule has 0 saturated heterocycles. The van der Waals surface area contributed by atoms with E-state index in [2.05, 4.69) is 24.3 Å². The number of ether oxygens (including phenoxy) is 1. The van der Waals surface area contributed by atoms with Gasteiger partial charge in [-0.2, -0.15) is 0 Å². The van der Waals surface area contributed by atoms with Gasteiger partial charge in [0, 0.05) is 7.11 Å². The van der Waals surface area contributed by atoms with Crippen LogP contribution in [-0.4, -0.2) is 25.7 Å². The molecule has 1 atom stereocenters. The van der Waals surface area contributed by atoms with Crippen molar-refractivity contribution >= 4 is 5.91 Å². The van der Waals surface area contributed by atoms with Gasteiger partial charge in [0.25, 0.3) is 0 Å². The summed E-state index contributed by atoms with van der Waals surface area (Å²) in [6.45, 7) is 7.09. The Labute approximate surface area is 92.9 Å². The molecule has 0 aliphatic heterocycles. The zero-order valence-corrected chi connectivity index (χ0v) is 9.59. The smallest absolute Gasteiger partial charge is 0.417 e. The number of rotatable bonds is 2. The van der Waals surface area contributed by atoms with Gasteiger partial charge in [-0.05, 0) is 6.04 Å². The largest absolute Gasteiger partial charge is 3.00 e. The maximum atomic E-state index is 9.73. The Morgan fingerprint density at radius 2 is 1.91 bits per heavy atom. The fraction of sp³-hybridized carbons (Fsp3) is 0.500. The van der Waals surface area contributed by atoms with E-state index in [0.29, 0.717) is 6.61 Å². The van der Waals surface area contributed by atoms with Gasteiger partial charge in [-0.15, -0.1) is 0 Å². The number of hydrogen-bond acceptors (Lipinski definition) is 3. The van der Waals surface area contributed by atoms with E-state index < -0.39 is 11.9 Å². The molecule has 1 amide bonds. The minimum Gasteiger partial charge on any atom is -0.417 e. The van der Waals surface area contributed by atoms with Crippen molar-refractivity contribution in [1.29, 1.82) is 0 Å². The van der Waals surface area contributed by atoms with Crippen LogP contribution in [0.25, 0.3) is 0 Å². The van der Waals surface area contributed by atoms with Crippen LogP contribution in [0.3, 0.4) is 0 Å². The van der Waals surface area contributed by atoms with Crippen LogP contribution in [0.5, 0.6) is 0 Å². The summed E-state index contributed by atoms with van der Waals surface area (Å²) in [6, 6.07) is -0.759. The van der Waals surface area contributed by atoms with Crippen molar-refractivity contribution in [3.63, 3.8) is 0 Å². The van der Waals surface area contributed by atoms with E-state index in [9.17, 15) is 4.79 Å². The molecule has 0 aromatic carbocycles. The molecule has 0 heterocycles. The maximum Gasteiger partial charge on any atom is 3.00 e. The second kappa shape index (κ2) is 13.1. The third kappa shape index (κ3) is 25.1. The molecule has 0 fully saturated rings. The summed E-state index contributed by atoms with van der Waals surface area (Å²) in [5.74, 6) is -0.574. The molecule has 1 unspecified atom stereocenters. The molecular weight excluding hydrogens is 221 g/mol. The maximum absolute atomic E-state index is 9.73. The van der Waals surface area contributed by atoms with Crippen LogP contribution in [0.15, 0.2) is 0 Å². The zero-order chi connectivity index (χ0) is 8.57. The number of carbonyl (C=O) groups is 1. The molecule has 11 heavy (non-hydrogen) atoms. The van der Waals surface area contributed by atoms with E-state index in [1.807, 2.05) is 0 Å². The summed E-state index contributed by atoms with van der Waals surface area (Å²) in [6.07, 6.45) is 0. The Morgan fingerprint density at radius 3 is 1.91 bits per heavy atom. The Hall–Kier alpha value is 0.494. The van der Waals surface area contributed by atoms with Gasteiger partial charge in [-0.3, -0.25) is 4.79 Å². The van der Waals surface area contributed by atoms with Gasteiger partial charge in [0.2, 0.25) is 5.91 Å². The molecule has 62 valence electrons. The molecule has 0 rings (SSSR count). The monoisotopic (exact) mass is 235 g/mol. The summed E-state index contributed by atoms with van der Waals surface area (Å²) in [5, 5.41) is 0. The van der Waals surface area contributed by atoms with Gasteiger partial charge in [0.05, 0.1) is 0 Å². The SMILES string of the molecule is [CH2-]C(N)C(N)=O.[CH2-]COC.[Y+3]. The number of amides is 1. The zero-order valence-electron chi connectivity index (χ0n) is 6.75. The van der Waals surface area contributed by atoms with Crippen molar-refractivity contribution < 1.29 is 42.2 Å². The van der Waals surface area contributed by atoms with E-state index >= 15 is 0 Å². The molecular formula is C6H14N2O2Y+. The van der Waals surface area contributed by atoms with Crippen LogP contribution in [-0.2, 0) is 42.2 Å². The molecule has 0 aliphatic rings. The van der Waals surface area contributed by atoms with Crippen LogP contribution in [0.1, 0.15) is 0 Å². The van der Waals surface area contributed by atoms with Gasteiger partial charge in [0.1, 0.15) is 0 Å². The molecule has 0 aromatic heterocycles. The molecule has 5 heteroatoms. The molecule has 0 spiro atoms. The summed E-state index contributed by atoms with van der Waals surface area (Å²) in [4.78, 5) is 9.73. The number of carbonyl (C=O) groups excluding carboxylic acids is 1. The van der Waals surface area contributed by atoms with Gasteiger partial charge in [0.15, 0.2) is 0 Å². The average Bonchev–Trinajstić information content (AvgIpc) is 1.89. The van der Waals surface area contributed by atoms with Gasteiger partial charge < -0.3 is 30.1 Å². The summed E-state index contributed by atoms with van der Waals surface area (Å²) >= 11 is 0. The Bertz CT molecular complexity index is 86.7. The molecule has 0 aliphatic carbocycles. The first-order valence-electron chi connectivity index (χ1n) is 2.72. The number of methoxy groups -OCH3 is 1. The predicted octanol–water partition coefficient (Wildman–Crippen LogP) is -0.903. The van der Waals surface area contributed by atoms with Crippen LogP contribution in [0.4, 0.5) is 0 Å². The summed E-state index contributed by atoms with van der Waals surface area (Å²) < 4.78 is 4.43. The van der Waals surface area contributed by atoms with Crippen molar-refractivity contribution in [2.45, 2.75) is 6.04 Å². The second-order valence-electron chi connectivity index (χ2n) is 1.50. The van der Waals surface area contributed by atoms with Crippen molar-refractivity contribution in [1.82, 2.24) is 0 Å². The van der Waals surface area contributed by atoms with Gasteiger partial charge >= 0.3 is 32.7 Å². The van der Waals surface area contributed by atoms with Crippen molar-refractivity contribution in [3.05, 3.63) is 13.8 Å². The fourth-order valence-electron chi connectivity index (χ4n) is 0. The van der Waals surface area contributed by atoms with Crippen LogP contribution in [0.2, 0.25) is 0 Å². The second-order valence-corrected chi connectivity index (χ2v) is 1.50. The van der Waals surface area contributed by atoms with Crippen LogP contribution < -0.4 is 11.5 Å². The van der Waals surface area contributed by atoms with Crippen LogP contribution in [0, 0.1) is 13.8 Å². The first-order chi connectivity index (χ1) is 4.56. The minimum atomic E-state index is -0.759. The van der Waals surface area contributed by atoms with Crippen LogP contribution >= 0.6 is 0 Å². The van der Waals surface area contributed by atoms with E-state index in [1.165, 1.54) is 0 Å². The average molecular weight is 235 g/mol. The Morgan fingerprint density at radius 1 is 1.73 bits per heavy atom. The molecule has 4 N–H and O–H groups in total. The standard InChI is InChI=1S/C3H7N2O.C3H7O.Y/c1-2(4)3(5)6;1-3-4-2;/h2H,1,4H2,(H2,5,6);1,3H2,2H3;/q2*-1;+3. The Kier molecular flexibility index (Phi) is 20.9. The third-order valence-corrected chi connectivity index (χ3v) is 0.570. The third-order valence-electron chi connectivity index (χ3n) is 0.570. The van der Waals surface area contributed by atoms with Crippen molar-refractivity contribution in [3.8, 4) is 0 Å². The van der Waals surface area contributed by atoms with Gasteiger partial charge in [-0.1, -0.05) is 6.61 Å². The topological polar surface area (TPSA) is 78.3 Å². The molecule has 0 aromatic rings. The number of hydrogen-bond donors (Lipinski definition) is 2. The van der Waals surface area contributed by atoms with Gasteiger partial charge in [-0.25, -0.2) is 0 Å². The minimum absolute atomic E-state index is 0. The number of primary amides is 1. The Balaban J connectivity index is -0.000000114. The van der Waals surface area contributed by atoms with Crippen molar-refractivity contribution in [2.24, 2.45) is 11.5 Å². The predicted molar refractivity (Wildman–Crippen MR) is 39.8 cm³/mol. The molecule has 0 bridgehead atoms. The molecule has 4 nitrogen and oxygen atoms in total. The van der Waals surface area contributed by atoms with Crippen molar-refractivity contribution in [2.75, 3.05) is 13.7 Å². The fourth-order valence-corrected chi connectivity index (χ4v) is 0. The molecule has 0 saturated carbocycles. The molecule has 0 radical (unpaired) electrons. The van der Waals surface area contributed by atoms with E-state index in [1.54, 1.807) is 7.11 Å². The first kappa shape index (κ1) is 17.5. The van der Waals surface area contributed by atoms with E-state index in [4.69, 9.17) is 5.73 Å².